The van der Waals surface area contributed by atoms with Crippen LogP contribution in [0, 0.1) is 5.92 Å². The van der Waals surface area contributed by atoms with E-state index in [0.717, 1.165) is 28.8 Å². The average Bonchev–Trinajstić information content (AvgIpc) is 2.81. The lowest BCUT2D eigenvalue weighted by Gasteiger charge is -2.24. The first kappa shape index (κ1) is 25.9. The van der Waals surface area contributed by atoms with Gasteiger partial charge in [0.25, 0.3) is 10.0 Å². The molecule has 1 atom stereocenters. The maximum atomic E-state index is 13.3. The van der Waals surface area contributed by atoms with Crippen LogP contribution in [0.3, 0.4) is 0 Å². The topological polar surface area (TPSA) is 93.2 Å². The Bertz CT molecular complexity index is 1310. The number of benzene rings is 2. The van der Waals surface area contributed by atoms with Gasteiger partial charge in [0.15, 0.2) is 0 Å². The van der Waals surface area contributed by atoms with E-state index in [9.17, 15) is 8.42 Å². The van der Waals surface area contributed by atoms with Gasteiger partial charge in [-0.2, -0.15) is 4.98 Å². The largest absolute Gasteiger partial charge is 0.475 e. The van der Waals surface area contributed by atoms with Crippen molar-refractivity contribution in [3.63, 3.8) is 0 Å². The molecule has 0 unspecified atom stereocenters. The summed E-state index contributed by atoms with van der Waals surface area (Å²) in [5.41, 5.74) is 4.66. The number of anilines is 2. The molecule has 0 radical (unpaired) electrons. The SMILES string of the molecule is CC(C)C[C@@H]1COc2cc(-c3c(C(C)C)cccc3C(C)C)nc(n2)NS(=O)(=O)c2cccc(c2)N1. The van der Waals surface area contributed by atoms with Crippen LogP contribution in [0.5, 0.6) is 5.88 Å². The molecule has 2 aromatic carbocycles. The summed E-state index contributed by atoms with van der Waals surface area (Å²) in [6.07, 6.45) is 0.855. The van der Waals surface area contributed by atoms with Gasteiger partial charge in [-0.1, -0.05) is 65.8 Å². The number of rotatable bonds is 5. The molecule has 1 aliphatic rings. The summed E-state index contributed by atoms with van der Waals surface area (Å²) in [6.45, 7) is 13.3. The average molecular weight is 509 g/mol. The van der Waals surface area contributed by atoms with Gasteiger partial charge in [0, 0.05) is 17.3 Å². The lowest BCUT2D eigenvalue weighted by atomic mass is 9.87. The summed E-state index contributed by atoms with van der Waals surface area (Å²) in [5, 5.41) is 3.45. The van der Waals surface area contributed by atoms with Gasteiger partial charge in [-0.3, -0.25) is 0 Å². The predicted octanol–water partition coefficient (Wildman–Crippen LogP) is 6.41. The monoisotopic (exact) mass is 508 g/mol. The number of fused-ring (bicyclic) bond motifs is 4. The number of sulfonamides is 1. The molecule has 2 heterocycles. The Labute approximate surface area is 214 Å². The van der Waals surface area contributed by atoms with E-state index in [0.29, 0.717) is 24.1 Å². The zero-order chi connectivity index (χ0) is 26.0. The molecule has 4 bridgehead atoms. The minimum absolute atomic E-state index is 0.00453. The van der Waals surface area contributed by atoms with E-state index in [1.807, 2.05) is 12.1 Å². The molecule has 0 fully saturated rings. The number of nitrogens with one attached hydrogen (secondary N) is 2. The number of nitrogens with zero attached hydrogens (tertiary/aromatic N) is 2. The van der Waals surface area contributed by atoms with E-state index < -0.39 is 10.0 Å². The minimum atomic E-state index is -3.91. The third-order valence-corrected chi connectivity index (χ3v) is 7.59. The summed E-state index contributed by atoms with van der Waals surface area (Å²) in [7, 11) is -3.91. The molecule has 0 saturated carbocycles. The molecule has 36 heavy (non-hydrogen) atoms. The molecule has 2 N–H and O–H groups in total. The first-order valence-corrected chi connectivity index (χ1v) is 14.1. The molecule has 192 valence electrons. The number of hydrogen-bond acceptors (Lipinski definition) is 6. The molecule has 3 aromatic rings. The molecule has 1 aromatic heterocycles. The standard InChI is InChI=1S/C28H36N4O3S/c1-17(2)13-21-16-35-26-15-25(27-23(18(3)4)11-8-12-24(27)19(5)6)30-28(31-26)32-36(33,34)22-10-7-9-20(14-22)29-21/h7-12,14-15,17-19,21,29H,13,16H2,1-6H3,(H,30,31,32)/t21-/m1/s1. The maximum absolute atomic E-state index is 13.3. The summed E-state index contributed by atoms with van der Waals surface area (Å²) in [5.74, 6) is 1.27. The Hall–Kier alpha value is -3.13. The van der Waals surface area contributed by atoms with E-state index in [1.54, 1.807) is 18.2 Å². The van der Waals surface area contributed by atoms with Crippen LogP contribution in [0.4, 0.5) is 11.6 Å². The smallest absolute Gasteiger partial charge is 0.264 e. The number of ether oxygens (including phenoxy) is 1. The lowest BCUT2D eigenvalue weighted by molar-refractivity contribution is 0.271. The quantitative estimate of drug-likeness (QED) is 0.414. The fourth-order valence-electron chi connectivity index (χ4n) is 4.61. The van der Waals surface area contributed by atoms with Crippen LogP contribution in [0.2, 0.25) is 0 Å². The molecule has 8 heteroatoms. The Morgan fingerprint density at radius 3 is 2.25 bits per heavy atom. The molecule has 0 amide bonds. The first-order chi connectivity index (χ1) is 17.0. The molecule has 1 aliphatic heterocycles. The van der Waals surface area contributed by atoms with Gasteiger partial charge in [0.1, 0.15) is 6.61 Å². The van der Waals surface area contributed by atoms with Crippen LogP contribution in [0.25, 0.3) is 11.3 Å². The second-order valence-electron chi connectivity index (χ2n) is 10.5. The Morgan fingerprint density at radius 1 is 0.944 bits per heavy atom. The van der Waals surface area contributed by atoms with E-state index in [1.165, 1.54) is 0 Å². The third kappa shape index (κ3) is 5.81. The van der Waals surface area contributed by atoms with Crippen molar-refractivity contribution in [2.75, 3.05) is 16.6 Å². The van der Waals surface area contributed by atoms with Crippen LogP contribution in [0.1, 0.15) is 70.9 Å². The molecule has 0 saturated heterocycles. The zero-order valence-electron chi connectivity index (χ0n) is 21.9. The van der Waals surface area contributed by atoms with Crippen molar-refractivity contribution in [2.24, 2.45) is 5.92 Å². The summed E-state index contributed by atoms with van der Waals surface area (Å²) in [4.78, 5) is 9.28. The van der Waals surface area contributed by atoms with Crippen LogP contribution in [-0.2, 0) is 10.0 Å². The normalized spacial score (nSPS) is 17.1. The Balaban J connectivity index is 1.89. The fraction of sp³-hybridized carbons (Fsp3) is 0.429. The molecule has 7 nitrogen and oxygen atoms in total. The number of aromatic nitrogens is 2. The lowest BCUT2D eigenvalue weighted by Crippen LogP contribution is -2.29. The van der Waals surface area contributed by atoms with E-state index >= 15 is 0 Å². The van der Waals surface area contributed by atoms with Gasteiger partial charge in [-0.05, 0) is 53.5 Å². The summed E-state index contributed by atoms with van der Waals surface area (Å²) >= 11 is 0. The second-order valence-corrected chi connectivity index (χ2v) is 12.1. The highest BCUT2D eigenvalue weighted by Gasteiger charge is 2.23. The first-order valence-electron chi connectivity index (χ1n) is 12.6. The van der Waals surface area contributed by atoms with E-state index in [-0.39, 0.29) is 28.7 Å². The van der Waals surface area contributed by atoms with E-state index in [2.05, 4.69) is 74.8 Å². The van der Waals surface area contributed by atoms with Crippen molar-refractivity contribution in [3.05, 3.63) is 59.7 Å². The van der Waals surface area contributed by atoms with Crippen molar-refractivity contribution < 1.29 is 13.2 Å². The maximum Gasteiger partial charge on any atom is 0.264 e. The van der Waals surface area contributed by atoms with Crippen LogP contribution >= 0.6 is 0 Å². The van der Waals surface area contributed by atoms with Gasteiger partial charge < -0.3 is 10.1 Å². The molecule has 4 rings (SSSR count). The summed E-state index contributed by atoms with van der Waals surface area (Å²) in [6, 6.07) is 14.9. The van der Waals surface area contributed by atoms with Crippen molar-refractivity contribution >= 4 is 21.7 Å². The predicted molar refractivity (Wildman–Crippen MR) is 145 cm³/mol. The van der Waals surface area contributed by atoms with Crippen LogP contribution < -0.4 is 14.8 Å². The van der Waals surface area contributed by atoms with Crippen molar-refractivity contribution in [2.45, 2.75) is 70.7 Å². The minimum Gasteiger partial charge on any atom is -0.475 e. The van der Waals surface area contributed by atoms with Gasteiger partial charge >= 0.3 is 0 Å². The van der Waals surface area contributed by atoms with Gasteiger partial charge in [0.2, 0.25) is 11.8 Å². The molecular formula is C28H36N4O3S. The van der Waals surface area contributed by atoms with Gasteiger partial charge in [-0.25, -0.2) is 18.1 Å². The fourth-order valence-corrected chi connectivity index (χ4v) is 5.60. The zero-order valence-corrected chi connectivity index (χ0v) is 22.7. The van der Waals surface area contributed by atoms with Crippen molar-refractivity contribution in [3.8, 4) is 17.1 Å². The van der Waals surface area contributed by atoms with E-state index in [4.69, 9.17) is 9.72 Å². The van der Waals surface area contributed by atoms with Crippen molar-refractivity contribution in [1.82, 2.24) is 9.97 Å². The summed E-state index contributed by atoms with van der Waals surface area (Å²) < 4.78 is 35.3. The molecule has 0 aliphatic carbocycles. The Kier molecular flexibility index (Phi) is 7.54. The second kappa shape index (κ2) is 10.5. The van der Waals surface area contributed by atoms with Gasteiger partial charge in [-0.15, -0.1) is 0 Å². The third-order valence-electron chi connectivity index (χ3n) is 6.26. The number of hydrogen-bond donors (Lipinski definition) is 2. The highest BCUT2D eigenvalue weighted by Crippen LogP contribution is 2.37. The molecular weight excluding hydrogens is 472 g/mol. The highest BCUT2D eigenvalue weighted by molar-refractivity contribution is 7.92. The highest BCUT2D eigenvalue weighted by atomic mass is 32.2. The van der Waals surface area contributed by atoms with Crippen molar-refractivity contribution in [1.29, 1.82) is 0 Å². The Morgan fingerprint density at radius 2 is 1.61 bits per heavy atom. The van der Waals surface area contributed by atoms with Crippen LogP contribution in [-0.4, -0.2) is 31.0 Å². The van der Waals surface area contributed by atoms with Crippen LogP contribution in [0.15, 0.2) is 53.4 Å². The van der Waals surface area contributed by atoms with Gasteiger partial charge in [0.05, 0.1) is 16.6 Å². The molecule has 0 spiro atoms.